The molecule has 9 nitrogen and oxygen atoms in total. The van der Waals surface area contributed by atoms with Crippen molar-refractivity contribution in [2.45, 2.75) is 32.5 Å². The molecule has 2 aromatic rings. The van der Waals surface area contributed by atoms with Crippen molar-refractivity contribution in [3.63, 3.8) is 0 Å². The smallest absolute Gasteiger partial charge is 0.362 e. The number of halogens is 3. The number of carbonyl (C=O) groups is 1. The van der Waals surface area contributed by atoms with Gasteiger partial charge in [0.15, 0.2) is 0 Å². The highest BCUT2D eigenvalue weighted by Gasteiger charge is 2.34. The number of hydrogen-bond acceptors (Lipinski definition) is 6. The van der Waals surface area contributed by atoms with Crippen LogP contribution in [-0.2, 0) is 12.7 Å². The van der Waals surface area contributed by atoms with Gasteiger partial charge < -0.3 is 9.80 Å². The first-order chi connectivity index (χ1) is 15.1. The Balaban J connectivity index is 1.73. The van der Waals surface area contributed by atoms with Gasteiger partial charge in [-0.05, 0) is 24.6 Å². The van der Waals surface area contributed by atoms with Crippen LogP contribution >= 0.6 is 0 Å². The van der Waals surface area contributed by atoms with Crippen LogP contribution in [0.5, 0.6) is 0 Å². The highest BCUT2D eigenvalue weighted by molar-refractivity contribution is 5.92. The average Bonchev–Trinajstić information content (AvgIpc) is 2.77. The Bertz CT molecular complexity index is 1060. The molecule has 1 aromatic carbocycles. The van der Waals surface area contributed by atoms with Gasteiger partial charge in [-0.15, -0.1) is 0 Å². The number of benzene rings is 1. The maximum Gasteiger partial charge on any atom is 0.416 e. The lowest BCUT2D eigenvalue weighted by molar-refractivity contribution is -0.384. The number of carbonyl (C=O) groups excluding carboxylic acids is 1. The molecule has 1 amide bonds. The molecule has 0 saturated carbocycles. The maximum absolute atomic E-state index is 12.9. The highest BCUT2D eigenvalue weighted by atomic mass is 19.4. The van der Waals surface area contributed by atoms with Gasteiger partial charge in [0.2, 0.25) is 0 Å². The van der Waals surface area contributed by atoms with Gasteiger partial charge in [0, 0.05) is 44.9 Å². The third kappa shape index (κ3) is 5.06. The number of anilines is 1. The fourth-order valence-corrected chi connectivity index (χ4v) is 3.46. The molecule has 1 fully saturated rings. The Kier molecular flexibility index (Phi) is 6.80. The largest absolute Gasteiger partial charge is 0.416 e. The average molecular weight is 453 g/mol. The minimum atomic E-state index is -4.69. The van der Waals surface area contributed by atoms with Crippen LogP contribution in [0.2, 0.25) is 0 Å². The van der Waals surface area contributed by atoms with Gasteiger partial charge in [-0.1, -0.05) is 13.3 Å². The highest BCUT2D eigenvalue weighted by Crippen LogP contribution is 2.36. The molecule has 2 heterocycles. The zero-order valence-electron chi connectivity index (χ0n) is 17.3. The standard InChI is InChI=1S/C20H22F3N5O4/c1-2-3-8-27-18(29)7-5-15(24-27)19(30)26-11-9-25(10-12-26)16-6-4-14(20(21,22)23)13-17(16)28(31)32/h4-7,13H,2-3,8-12H2,1H3. The summed E-state index contributed by atoms with van der Waals surface area (Å²) in [5.41, 5.74) is -1.83. The molecule has 3 rings (SSSR count). The molecule has 0 aliphatic carbocycles. The molecule has 0 N–H and O–H groups in total. The van der Waals surface area contributed by atoms with Crippen molar-refractivity contribution in [3.8, 4) is 0 Å². The third-order valence-electron chi connectivity index (χ3n) is 5.22. The molecule has 1 aliphatic heterocycles. The van der Waals surface area contributed by atoms with E-state index in [0.29, 0.717) is 12.6 Å². The van der Waals surface area contributed by atoms with Crippen LogP contribution in [0.4, 0.5) is 24.5 Å². The lowest BCUT2D eigenvalue weighted by Crippen LogP contribution is -2.49. The molecule has 172 valence electrons. The first kappa shape index (κ1) is 23.2. The molecule has 1 aromatic heterocycles. The normalized spacial score (nSPS) is 14.5. The summed E-state index contributed by atoms with van der Waals surface area (Å²) >= 11 is 0. The lowest BCUT2D eigenvalue weighted by atomic mass is 10.1. The number of piperazine rings is 1. The zero-order valence-corrected chi connectivity index (χ0v) is 17.3. The van der Waals surface area contributed by atoms with Crippen molar-refractivity contribution >= 4 is 17.3 Å². The minimum absolute atomic E-state index is 0.0707. The van der Waals surface area contributed by atoms with Gasteiger partial charge in [-0.3, -0.25) is 19.7 Å². The Hall–Kier alpha value is -3.44. The number of nitro benzene ring substituents is 1. The topological polar surface area (TPSA) is 102 Å². The zero-order chi connectivity index (χ0) is 23.5. The van der Waals surface area contributed by atoms with Crippen LogP contribution in [-0.4, -0.2) is 51.7 Å². The van der Waals surface area contributed by atoms with E-state index in [-0.39, 0.29) is 49.0 Å². The Morgan fingerprint density at radius 1 is 1.16 bits per heavy atom. The minimum Gasteiger partial charge on any atom is -0.362 e. The second-order valence-corrected chi connectivity index (χ2v) is 7.37. The third-order valence-corrected chi connectivity index (χ3v) is 5.22. The van der Waals surface area contributed by atoms with Crippen molar-refractivity contribution in [2.75, 3.05) is 31.1 Å². The number of aryl methyl sites for hydroxylation is 1. The molecule has 0 bridgehead atoms. The summed E-state index contributed by atoms with van der Waals surface area (Å²) in [5, 5.41) is 15.5. The van der Waals surface area contributed by atoms with Crippen LogP contribution in [0.1, 0.15) is 35.8 Å². The van der Waals surface area contributed by atoms with Crippen molar-refractivity contribution in [1.82, 2.24) is 14.7 Å². The van der Waals surface area contributed by atoms with Gasteiger partial charge >= 0.3 is 6.18 Å². The van der Waals surface area contributed by atoms with Gasteiger partial charge in [0.25, 0.3) is 17.2 Å². The molecular formula is C20H22F3N5O4. The van der Waals surface area contributed by atoms with E-state index in [2.05, 4.69) is 5.10 Å². The summed E-state index contributed by atoms with van der Waals surface area (Å²) < 4.78 is 40.0. The number of aromatic nitrogens is 2. The number of unbranched alkanes of at least 4 members (excludes halogenated alkanes) is 1. The molecule has 0 spiro atoms. The number of rotatable bonds is 6. The molecule has 1 aliphatic rings. The van der Waals surface area contributed by atoms with E-state index in [9.17, 15) is 32.9 Å². The lowest BCUT2D eigenvalue weighted by Gasteiger charge is -2.35. The van der Waals surface area contributed by atoms with Crippen molar-refractivity contribution < 1.29 is 22.9 Å². The van der Waals surface area contributed by atoms with E-state index in [1.807, 2.05) is 6.92 Å². The quantitative estimate of drug-likeness (QED) is 0.492. The van der Waals surface area contributed by atoms with Crippen LogP contribution in [0.3, 0.4) is 0 Å². The molecule has 0 atom stereocenters. The van der Waals surface area contributed by atoms with Crippen LogP contribution in [0.25, 0.3) is 0 Å². The number of amides is 1. The first-order valence-corrected chi connectivity index (χ1v) is 10.1. The Morgan fingerprint density at radius 3 is 2.44 bits per heavy atom. The van der Waals surface area contributed by atoms with E-state index in [1.165, 1.54) is 21.7 Å². The summed E-state index contributed by atoms with van der Waals surface area (Å²) in [4.78, 5) is 38.3. The van der Waals surface area contributed by atoms with Crippen molar-refractivity contribution in [1.29, 1.82) is 0 Å². The summed E-state index contributed by atoms with van der Waals surface area (Å²) in [6.07, 6.45) is -3.07. The van der Waals surface area contributed by atoms with E-state index in [0.717, 1.165) is 25.0 Å². The summed E-state index contributed by atoms with van der Waals surface area (Å²) in [6.45, 7) is 3.18. The fraction of sp³-hybridized carbons (Fsp3) is 0.450. The summed E-state index contributed by atoms with van der Waals surface area (Å²) in [5.74, 6) is -0.378. The van der Waals surface area contributed by atoms with Crippen LogP contribution < -0.4 is 10.5 Å². The van der Waals surface area contributed by atoms with Crippen LogP contribution in [0.15, 0.2) is 35.1 Å². The van der Waals surface area contributed by atoms with E-state index in [1.54, 1.807) is 4.90 Å². The Labute approximate surface area is 181 Å². The second kappa shape index (κ2) is 9.37. The molecule has 32 heavy (non-hydrogen) atoms. The number of hydrogen-bond donors (Lipinski definition) is 0. The number of alkyl halides is 3. The van der Waals surface area contributed by atoms with Gasteiger partial charge in [-0.25, -0.2) is 4.68 Å². The first-order valence-electron chi connectivity index (χ1n) is 10.1. The predicted octanol–water partition coefficient (Wildman–Crippen LogP) is 2.93. The predicted molar refractivity (Wildman–Crippen MR) is 110 cm³/mol. The fourth-order valence-electron chi connectivity index (χ4n) is 3.46. The summed E-state index contributed by atoms with van der Waals surface area (Å²) in [6, 6.07) is 5.07. The number of nitrogens with zero attached hydrogens (tertiary/aromatic N) is 5. The van der Waals surface area contributed by atoms with Crippen LogP contribution in [0, 0.1) is 10.1 Å². The van der Waals surface area contributed by atoms with E-state index < -0.39 is 22.4 Å². The molecule has 12 heteroatoms. The van der Waals surface area contributed by atoms with E-state index in [4.69, 9.17) is 0 Å². The molecule has 0 radical (unpaired) electrons. The van der Waals surface area contributed by atoms with Gasteiger partial charge in [0.1, 0.15) is 11.4 Å². The molecular weight excluding hydrogens is 431 g/mol. The van der Waals surface area contributed by atoms with Gasteiger partial charge in [0.05, 0.1) is 10.5 Å². The second-order valence-electron chi connectivity index (χ2n) is 7.37. The summed E-state index contributed by atoms with van der Waals surface area (Å²) in [7, 11) is 0. The monoisotopic (exact) mass is 453 g/mol. The molecule has 1 saturated heterocycles. The van der Waals surface area contributed by atoms with Crippen molar-refractivity contribution in [2.24, 2.45) is 0 Å². The maximum atomic E-state index is 12.9. The SMILES string of the molecule is CCCCn1nc(C(=O)N2CCN(c3ccc(C(F)(F)F)cc3[N+](=O)[O-])CC2)ccc1=O. The van der Waals surface area contributed by atoms with Crippen molar-refractivity contribution in [3.05, 3.63) is 62.1 Å². The van der Waals surface area contributed by atoms with E-state index >= 15 is 0 Å². The number of nitro groups is 1. The van der Waals surface area contributed by atoms with Gasteiger partial charge in [-0.2, -0.15) is 18.3 Å². The molecule has 0 unspecified atom stereocenters. The Morgan fingerprint density at radius 2 is 1.84 bits per heavy atom.